The molecule has 1 atom stereocenters. The van der Waals surface area contributed by atoms with E-state index < -0.39 is 9.84 Å². The monoisotopic (exact) mass is 392 g/mol. The van der Waals surface area contributed by atoms with E-state index in [0.717, 1.165) is 11.5 Å². The summed E-state index contributed by atoms with van der Waals surface area (Å²) in [6, 6.07) is 9.08. The van der Waals surface area contributed by atoms with Crippen molar-refractivity contribution in [1.29, 1.82) is 0 Å². The van der Waals surface area contributed by atoms with Crippen LogP contribution in [0.1, 0.15) is 12.2 Å². The molecule has 27 heavy (non-hydrogen) atoms. The van der Waals surface area contributed by atoms with Gasteiger partial charge in [-0.2, -0.15) is 0 Å². The smallest absolute Gasteiger partial charge is 0.152 e. The molecule has 3 rings (SSSR count). The first kappa shape index (κ1) is 19.2. The van der Waals surface area contributed by atoms with Crippen molar-refractivity contribution in [1.82, 2.24) is 9.97 Å². The molecule has 0 radical (unpaired) electrons. The number of ether oxygens (including phenoxy) is 2. The zero-order chi connectivity index (χ0) is 19.3. The average molecular weight is 392 g/mol. The molecule has 1 fully saturated rings. The van der Waals surface area contributed by atoms with Gasteiger partial charge in [-0.3, -0.25) is 0 Å². The molecule has 0 spiro atoms. The number of anilines is 2. The van der Waals surface area contributed by atoms with Gasteiger partial charge < -0.3 is 20.1 Å². The van der Waals surface area contributed by atoms with Crippen LogP contribution in [-0.2, 0) is 9.84 Å². The molecule has 8 nitrogen and oxygen atoms in total. The molecule has 1 unspecified atom stereocenters. The third-order valence-corrected chi connectivity index (χ3v) is 5.93. The quantitative estimate of drug-likeness (QED) is 0.657. The summed E-state index contributed by atoms with van der Waals surface area (Å²) in [5, 5.41) is 6.39. The molecule has 1 aliphatic heterocycles. The van der Waals surface area contributed by atoms with E-state index in [1.807, 2.05) is 24.3 Å². The highest BCUT2D eigenvalue weighted by Crippen LogP contribution is 2.19. The van der Waals surface area contributed by atoms with Gasteiger partial charge in [-0.05, 0) is 37.6 Å². The topological polar surface area (TPSA) is 102 Å². The average Bonchev–Trinajstić information content (AvgIpc) is 2.97. The van der Waals surface area contributed by atoms with Crippen LogP contribution in [0.5, 0.6) is 11.5 Å². The number of hydrogen-bond acceptors (Lipinski definition) is 8. The molecule has 1 aliphatic rings. The molecule has 0 bridgehead atoms. The van der Waals surface area contributed by atoms with E-state index in [-0.39, 0.29) is 17.5 Å². The lowest BCUT2D eigenvalue weighted by molar-refractivity contribution is 0.331. The third kappa shape index (κ3) is 5.72. The highest BCUT2D eigenvalue weighted by Gasteiger charge is 2.28. The highest BCUT2D eigenvalue weighted by molar-refractivity contribution is 7.91. The number of aromatic nitrogens is 2. The van der Waals surface area contributed by atoms with Crippen molar-refractivity contribution in [3.05, 3.63) is 36.2 Å². The van der Waals surface area contributed by atoms with Gasteiger partial charge in [0.1, 0.15) is 35.6 Å². The number of nitrogens with one attached hydrogen (secondary N) is 2. The van der Waals surface area contributed by atoms with Crippen molar-refractivity contribution < 1.29 is 17.9 Å². The lowest BCUT2D eigenvalue weighted by Gasteiger charge is -2.14. The zero-order valence-electron chi connectivity index (χ0n) is 15.4. The molecule has 2 heterocycles. The number of nitrogens with zero attached hydrogens (tertiary/aromatic N) is 2. The Hall–Kier alpha value is -2.55. The Labute approximate surface area is 159 Å². The summed E-state index contributed by atoms with van der Waals surface area (Å²) < 4.78 is 34.0. The van der Waals surface area contributed by atoms with Crippen LogP contribution in [-0.4, -0.2) is 56.2 Å². The minimum Gasteiger partial charge on any atom is -0.497 e. The predicted octanol–water partition coefficient (Wildman–Crippen LogP) is 1.88. The molecule has 1 aromatic carbocycles. The van der Waals surface area contributed by atoms with Gasteiger partial charge in [0.2, 0.25) is 0 Å². The summed E-state index contributed by atoms with van der Waals surface area (Å²) in [5.74, 6) is 3.83. The van der Waals surface area contributed by atoms with E-state index in [1.54, 1.807) is 20.1 Å². The van der Waals surface area contributed by atoms with Crippen molar-refractivity contribution in [2.75, 3.05) is 42.4 Å². The lowest BCUT2D eigenvalue weighted by Crippen LogP contribution is -2.22. The highest BCUT2D eigenvalue weighted by atomic mass is 32.2. The van der Waals surface area contributed by atoms with Crippen LogP contribution < -0.4 is 20.1 Å². The Kier molecular flexibility index (Phi) is 6.00. The minimum absolute atomic E-state index is 0.101. The predicted molar refractivity (Wildman–Crippen MR) is 104 cm³/mol. The van der Waals surface area contributed by atoms with E-state index in [1.165, 1.54) is 0 Å². The molecule has 2 aromatic rings. The Morgan fingerprint density at radius 1 is 1.15 bits per heavy atom. The van der Waals surface area contributed by atoms with Crippen LogP contribution in [0.3, 0.4) is 0 Å². The second-order valence-corrected chi connectivity index (χ2v) is 8.61. The van der Waals surface area contributed by atoms with Gasteiger partial charge in [0.15, 0.2) is 9.84 Å². The summed E-state index contributed by atoms with van der Waals surface area (Å²) in [7, 11) is -1.31. The van der Waals surface area contributed by atoms with E-state index in [4.69, 9.17) is 9.47 Å². The number of sulfone groups is 1. The Bertz CT molecular complexity index is 871. The largest absolute Gasteiger partial charge is 0.497 e. The van der Waals surface area contributed by atoms with Crippen LogP contribution in [0.4, 0.5) is 11.6 Å². The Morgan fingerprint density at radius 3 is 2.52 bits per heavy atom. The number of benzene rings is 1. The second-order valence-electron chi connectivity index (χ2n) is 6.38. The van der Waals surface area contributed by atoms with Crippen molar-refractivity contribution in [2.45, 2.75) is 19.4 Å². The first-order valence-electron chi connectivity index (χ1n) is 8.77. The maximum Gasteiger partial charge on any atom is 0.152 e. The minimum atomic E-state index is -2.93. The SMILES string of the molecule is COc1ccc(OCCNc2cc(NC3CCS(=O)(=O)C3)nc(C)n2)cc1. The summed E-state index contributed by atoms with van der Waals surface area (Å²) in [6.45, 7) is 2.84. The molecule has 1 aromatic heterocycles. The first-order valence-corrected chi connectivity index (χ1v) is 10.6. The molecular weight excluding hydrogens is 368 g/mol. The van der Waals surface area contributed by atoms with Gasteiger partial charge in [-0.25, -0.2) is 18.4 Å². The van der Waals surface area contributed by atoms with Crippen molar-refractivity contribution in [3.63, 3.8) is 0 Å². The lowest BCUT2D eigenvalue weighted by atomic mass is 10.2. The summed E-state index contributed by atoms with van der Waals surface area (Å²) in [6.07, 6.45) is 0.601. The molecule has 0 saturated carbocycles. The second kappa shape index (κ2) is 8.43. The fourth-order valence-electron chi connectivity index (χ4n) is 2.87. The third-order valence-electron chi connectivity index (χ3n) is 4.16. The van der Waals surface area contributed by atoms with Crippen LogP contribution in [0.15, 0.2) is 30.3 Å². The molecule has 0 amide bonds. The van der Waals surface area contributed by atoms with Crippen LogP contribution in [0.25, 0.3) is 0 Å². The first-order chi connectivity index (χ1) is 12.9. The van der Waals surface area contributed by atoms with Crippen LogP contribution in [0, 0.1) is 6.92 Å². The van der Waals surface area contributed by atoms with E-state index in [9.17, 15) is 8.42 Å². The fraction of sp³-hybridized carbons (Fsp3) is 0.444. The summed E-state index contributed by atoms with van der Waals surface area (Å²) >= 11 is 0. The number of hydrogen-bond donors (Lipinski definition) is 2. The van der Waals surface area contributed by atoms with Crippen molar-refractivity contribution in [3.8, 4) is 11.5 Å². The molecule has 1 saturated heterocycles. The molecular formula is C18H24N4O4S. The van der Waals surface area contributed by atoms with Crippen LogP contribution in [0.2, 0.25) is 0 Å². The van der Waals surface area contributed by atoms with E-state index in [2.05, 4.69) is 20.6 Å². The van der Waals surface area contributed by atoms with Gasteiger partial charge >= 0.3 is 0 Å². The summed E-state index contributed by atoms with van der Waals surface area (Å²) in [5.41, 5.74) is 0. The standard InChI is InChI=1S/C18H24N4O4S/c1-13-20-17(11-18(21-13)22-14-7-10-27(23,24)12-14)19-8-9-26-16-5-3-15(25-2)4-6-16/h3-6,11,14H,7-10,12H2,1-2H3,(H2,19,20,21,22). The van der Waals surface area contributed by atoms with E-state index in [0.29, 0.717) is 37.0 Å². The summed E-state index contributed by atoms with van der Waals surface area (Å²) in [4.78, 5) is 8.69. The number of aryl methyl sites for hydroxylation is 1. The Balaban J connectivity index is 1.50. The van der Waals surface area contributed by atoms with E-state index >= 15 is 0 Å². The van der Waals surface area contributed by atoms with Gasteiger partial charge in [0, 0.05) is 12.1 Å². The maximum atomic E-state index is 11.6. The Morgan fingerprint density at radius 2 is 1.85 bits per heavy atom. The van der Waals surface area contributed by atoms with Gasteiger partial charge in [-0.1, -0.05) is 0 Å². The molecule has 2 N–H and O–H groups in total. The van der Waals surface area contributed by atoms with Gasteiger partial charge in [0.25, 0.3) is 0 Å². The fourth-order valence-corrected chi connectivity index (χ4v) is 4.54. The number of rotatable bonds is 8. The zero-order valence-corrected chi connectivity index (χ0v) is 16.3. The van der Waals surface area contributed by atoms with Crippen molar-refractivity contribution >= 4 is 21.5 Å². The molecule has 9 heteroatoms. The molecule has 0 aliphatic carbocycles. The van der Waals surface area contributed by atoms with Gasteiger partial charge in [0.05, 0.1) is 25.2 Å². The molecule has 146 valence electrons. The van der Waals surface area contributed by atoms with Gasteiger partial charge in [-0.15, -0.1) is 0 Å². The maximum absolute atomic E-state index is 11.6. The van der Waals surface area contributed by atoms with Crippen molar-refractivity contribution in [2.24, 2.45) is 0 Å². The number of methoxy groups -OCH3 is 1. The van der Waals surface area contributed by atoms with Crippen LogP contribution >= 0.6 is 0 Å². The normalized spacial score (nSPS) is 18.1.